The first-order valence-corrected chi connectivity index (χ1v) is 12.5. The average molecular weight is 553 g/mol. The number of nitrogens with one attached hydrogen (secondary N) is 1. The van der Waals surface area contributed by atoms with Crippen LogP contribution in [0.2, 0.25) is 0 Å². The summed E-state index contributed by atoms with van der Waals surface area (Å²) in [7, 11) is 0. The van der Waals surface area contributed by atoms with E-state index < -0.39 is 47.9 Å². The molecule has 0 saturated carbocycles. The molecule has 4 aromatic rings. The number of para-hydroxylation sites is 1. The fourth-order valence-corrected chi connectivity index (χ4v) is 5.03. The van der Waals surface area contributed by atoms with Gasteiger partial charge in [-0.15, -0.1) is 0 Å². The van der Waals surface area contributed by atoms with E-state index in [9.17, 15) is 32.3 Å². The van der Waals surface area contributed by atoms with E-state index in [2.05, 4.69) is 10.4 Å². The van der Waals surface area contributed by atoms with Crippen LogP contribution in [-0.2, 0) is 17.6 Å². The zero-order valence-electron chi connectivity index (χ0n) is 21.2. The molecule has 2 amide bonds. The summed E-state index contributed by atoms with van der Waals surface area (Å²) in [6.07, 6.45) is -4.66. The van der Waals surface area contributed by atoms with E-state index in [0.29, 0.717) is 28.7 Å². The van der Waals surface area contributed by atoms with Crippen LogP contribution in [0.4, 0.5) is 23.4 Å². The number of aliphatic hydroxyl groups is 1. The van der Waals surface area contributed by atoms with Crippen molar-refractivity contribution in [3.8, 4) is 5.69 Å². The van der Waals surface area contributed by atoms with Gasteiger partial charge in [-0.25, -0.2) is 9.07 Å². The number of likely N-dealkylation sites (N-methyl/N-ethyl adjacent to an activating group) is 1. The van der Waals surface area contributed by atoms with Crippen molar-refractivity contribution in [3.05, 3.63) is 113 Å². The summed E-state index contributed by atoms with van der Waals surface area (Å²) in [5.41, 5.74) is 0.453. The Morgan fingerprint density at radius 2 is 1.73 bits per heavy atom. The first-order chi connectivity index (χ1) is 19.1. The molecule has 0 aliphatic carbocycles. The minimum Gasteiger partial charge on any atom is -0.390 e. The van der Waals surface area contributed by atoms with Gasteiger partial charge in [-0.2, -0.15) is 18.3 Å². The fraction of sp³-hybridized carbons (Fsp3) is 0.207. The third-order valence-corrected chi connectivity index (χ3v) is 6.84. The van der Waals surface area contributed by atoms with E-state index in [1.54, 1.807) is 31.2 Å². The summed E-state index contributed by atoms with van der Waals surface area (Å²) in [5.74, 6) is -2.50. The van der Waals surface area contributed by atoms with Gasteiger partial charge in [-0.3, -0.25) is 14.5 Å². The Bertz CT molecular complexity index is 1550. The molecule has 1 aromatic heterocycles. The van der Waals surface area contributed by atoms with Crippen LogP contribution in [0.25, 0.3) is 5.69 Å². The minimum atomic E-state index is -4.66. The van der Waals surface area contributed by atoms with Crippen molar-refractivity contribution in [2.45, 2.75) is 31.7 Å². The summed E-state index contributed by atoms with van der Waals surface area (Å²) in [5, 5.41) is 17.5. The Balaban J connectivity index is 1.67. The van der Waals surface area contributed by atoms with Crippen molar-refractivity contribution in [2.75, 3.05) is 11.4 Å². The highest BCUT2D eigenvalue weighted by atomic mass is 19.4. The third-order valence-electron chi connectivity index (χ3n) is 6.84. The maximum atomic E-state index is 14.0. The lowest BCUT2D eigenvalue weighted by atomic mass is 9.81. The molecule has 2 atom stereocenters. The van der Waals surface area contributed by atoms with Gasteiger partial charge in [0, 0.05) is 23.6 Å². The van der Waals surface area contributed by atoms with Crippen molar-refractivity contribution in [2.24, 2.45) is 0 Å². The second kappa shape index (κ2) is 10.6. The van der Waals surface area contributed by atoms with E-state index in [1.807, 2.05) is 6.07 Å². The summed E-state index contributed by atoms with van der Waals surface area (Å²) >= 11 is 0. The number of hydrogen-bond acceptors (Lipinski definition) is 4. The van der Waals surface area contributed by atoms with Gasteiger partial charge in [0.05, 0.1) is 23.6 Å². The van der Waals surface area contributed by atoms with Gasteiger partial charge >= 0.3 is 6.18 Å². The number of rotatable bonds is 6. The van der Waals surface area contributed by atoms with Gasteiger partial charge in [0.2, 0.25) is 0 Å². The van der Waals surface area contributed by atoms with E-state index in [-0.39, 0.29) is 17.8 Å². The molecular formula is C29H24F4N4O3. The molecule has 1 aliphatic heterocycles. The summed E-state index contributed by atoms with van der Waals surface area (Å²) in [6, 6.07) is 16.9. The number of amides is 2. The predicted molar refractivity (Wildman–Crippen MR) is 138 cm³/mol. The Morgan fingerprint density at radius 1 is 1.02 bits per heavy atom. The molecule has 2 N–H and O–H groups in total. The van der Waals surface area contributed by atoms with Crippen molar-refractivity contribution < 1.29 is 32.3 Å². The molecule has 2 heterocycles. The highest BCUT2D eigenvalue weighted by molar-refractivity contribution is 6.05. The number of aliphatic hydroxyl groups excluding tert-OH is 1. The molecule has 5 rings (SSSR count). The molecule has 3 aromatic carbocycles. The molecule has 1 aliphatic rings. The van der Waals surface area contributed by atoms with Gasteiger partial charge in [0.25, 0.3) is 11.8 Å². The van der Waals surface area contributed by atoms with Gasteiger partial charge < -0.3 is 10.4 Å². The molecule has 0 unspecified atom stereocenters. The number of carbonyl (C=O) groups excluding carboxylic acids is 2. The van der Waals surface area contributed by atoms with E-state index >= 15 is 0 Å². The van der Waals surface area contributed by atoms with Gasteiger partial charge in [-0.1, -0.05) is 36.4 Å². The van der Waals surface area contributed by atoms with Crippen molar-refractivity contribution >= 4 is 17.6 Å². The number of halogens is 4. The van der Waals surface area contributed by atoms with Crippen molar-refractivity contribution in [3.63, 3.8) is 0 Å². The molecule has 206 valence electrons. The second-order valence-electron chi connectivity index (χ2n) is 9.23. The standard InChI is InChI=1S/C29H24F4N4O3/c1-2-36-27-24(22(16-38)35-37(27)21-9-4-3-5-10-21)23(17-11-13-20(30)14-12-17)25(28(36)40)34-26(39)18-7-6-8-19(15-18)29(31,32)33/h3-15,23,25,38H,2,16H2,1H3,(H,34,39)/t23-,25+/m0/s1. The summed E-state index contributed by atoms with van der Waals surface area (Å²) < 4.78 is 55.3. The van der Waals surface area contributed by atoms with Crippen LogP contribution < -0.4 is 10.2 Å². The van der Waals surface area contributed by atoms with Gasteiger partial charge in [0.1, 0.15) is 17.7 Å². The van der Waals surface area contributed by atoms with E-state index in [4.69, 9.17) is 0 Å². The Kier molecular flexibility index (Phi) is 7.16. The predicted octanol–water partition coefficient (Wildman–Crippen LogP) is 4.82. The summed E-state index contributed by atoms with van der Waals surface area (Å²) in [4.78, 5) is 28.7. The lowest BCUT2D eigenvalue weighted by Gasteiger charge is -2.38. The number of anilines is 1. The molecule has 0 bridgehead atoms. The number of nitrogens with zero attached hydrogens (tertiary/aromatic N) is 3. The largest absolute Gasteiger partial charge is 0.416 e. The molecular weight excluding hydrogens is 528 g/mol. The lowest BCUT2D eigenvalue weighted by Crippen LogP contribution is -2.55. The molecule has 0 saturated heterocycles. The molecule has 0 spiro atoms. The monoisotopic (exact) mass is 552 g/mol. The van der Waals surface area contributed by atoms with Crippen molar-refractivity contribution in [1.82, 2.24) is 15.1 Å². The van der Waals surface area contributed by atoms with Crippen LogP contribution in [0.5, 0.6) is 0 Å². The zero-order chi connectivity index (χ0) is 28.6. The quantitative estimate of drug-likeness (QED) is 0.336. The van der Waals surface area contributed by atoms with Crippen molar-refractivity contribution in [1.29, 1.82) is 0 Å². The molecule has 7 nitrogen and oxygen atoms in total. The topological polar surface area (TPSA) is 87.5 Å². The minimum absolute atomic E-state index is 0.168. The van der Waals surface area contributed by atoms with Crippen LogP contribution >= 0.6 is 0 Å². The highest BCUT2D eigenvalue weighted by Gasteiger charge is 2.46. The van der Waals surface area contributed by atoms with Crippen LogP contribution in [0.3, 0.4) is 0 Å². The van der Waals surface area contributed by atoms with Crippen LogP contribution in [0.1, 0.15) is 45.6 Å². The first kappa shape index (κ1) is 27.1. The molecule has 0 fully saturated rings. The van der Waals surface area contributed by atoms with Gasteiger partial charge in [0.15, 0.2) is 0 Å². The summed E-state index contributed by atoms with van der Waals surface area (Å²) in [6.45, 7) is 1.40. The fourth-order valence-electron chi connectivity index (χ4n) is 5.03. The normalized spacial score (nSPS) is 17.1. The van der Waals surface area contributed by atoms with Gasteiger partial charge in [-0.05, 0) is 55.0 Å². The SMILES string of the molecule is CCN1C(=O)[C@H](NC(=O)c2cccc(C(F)(F)F)c2)[C@@H](c2ccc(F)cc2)c2c(CO)nn(-c3ccccc3)c21. The molecule has 0 radical (unpaired) electrons. The maximum Gasteiger partial charge on any atom is 0.416 e. The number of benzene rings is 3. The van der Waals surface area contributed by atoms with E-state index in [0.717, 1.165) is 12.1 Å². The number of hydrogen-bond donors (Lipinski definition) is 2. The highest BCUT2D eigenvalue weighted by Crippen LogP contribution is 2.43. The third kappa shape index (κ3) is 4.84. The maximum absolute atomic E-state index is 14.0. The Labute approximate surface area is 226 Å². The number of fused-ring (bicyclic) bond motifs is 1. The van der Waals surface area contributed by atoms with Crippen LogP contribution in [-0.4, -0.2) is 39.3 Å². The smallest absolute Gasteiger partial charge is 0.390 e. The van der Waals surface area contributed by atoms with E-state index in [1.165, 1.54) is 39.9 Å². The lowest BCUT2D eigenvalue weighted by molar-refractivity contribution is -0.137. The first-order valence-electron chi connectivity index (χ1n) is 12.5. The van der Waals surface area contributed by atoms with Crippen LogP contribution in [0.15, 0.2) is 78.9 Å². The second-order valence-corrected chi connectivity index (χ2v) is 9.23. The Morgan fingerprint density at radius 3 is 2.35 bits per heavy atom. The molecule has 11 heteroatoms. The average Bonchev–Trinajstić information content (AvgIpc) is 3.33. The molecule has 40 heavy (non-hydrogen) atoms. The van der Waals surface area contributed by atoms with Crippen LogP contribution in [0, 0.1) is 5.82 Å². The Hall–Kier alpha value is -4.51. The number of alkyl halides is 3. The number of carbonyl (C=O) groups is 2. The zero-order valence-corrected chi connectivity index (χ0v) is 21.2. The number of aromatic nitrogens is 2.